The molecule has 1 atom stereocenters. The maximum atomic E-state index is 13.9. The molecule has 0 bridgehead atoms. The number of hydrogen-bond donors (Lipinski definition) is 2. The number of nitrogens with two attached hydrogens (primary N) is 1. The molecule has 1 heterocycles. The van der Waals surface area contributed by atoms with Gasteiger partial charge in [0.05, 0.1) is 16.0 Å². The molecule has 2 rings (SSSR count). The lowest BCUT2D eigenvalue weighted by molar-refractivity contribution is 0.510. The molecule has 0 fully saturated rings. The molecule has 1 aromatic heterocycles. The monoisotopic (exact) mass is 315 g/mol. The molecule has 90 valence electrons. The lowest BCUT2D eigenvalue weighted by Gasteiger charge is -2.16. The first-order valence-corrected chi connectivity index (χ1v) is 6.67. The van der Waals surface area contributed by atoms with Gasteiger partial charge in [-0.3, -0.25) is 16.3 Å². The van der Waals surface area contributed by atoms with Crippen molar-refractivity contribution in [2.45, 2.75) is 12.5 Å². The number of hydrazine groups is 1. The van der Waals surface area contributed by atoms with Gasteiger partial charge in [0.25, 0.3) is 0 Å². The highest BCUT2D eigenvalue weighted by Crippen LogP contribution is 2.26. The highest BCUT2D eigenvalue weighted by Gasteiger charge is 2.17. The molecule has 3 N–H and O–H groups in total. The Bertz CT molecular complexity index is 489. The molecule has 2 aromatic rings. The summed E-state index contributed by atoms with van der Waals surface area (Å²) in [5, 5.41) is 0. The van der Waals surface area contributed by atoms with Gasteiger partial charge < -0.3 is 0 Å². The van der Waals surface area contributed by atoms with Crippen molar-refractivity contribution >= 4 is 27.3 Å². The summed E-state index contributed by atoms with van der Waals surface area (Å²) in [6.07, 6.45) is 2.39. The third kappa shape index (κ3) is 2.90. The van der Waals surface area contributed by atoms with Gasteiger partial charge in [-0.25, -0.2) is 4.39 Å². The first kappa shape index (κ1) is 12.6. The molecule has 1 unspecified atom stereocenters. The number of aromatic nitrogens is 1. The number of halogens is 2. The Morgan fingerprint density at radius 2 is 2.35 bits per heavy atom. The van der Waals surface area contributed by atoms with Crippen LogP contribution in [0.1, 0.15) is 16.5 Å². The maximum Gasteiger partial charge on any atom is 0.142 e. The third-order valence-corrected chi connectivity index (χ3v) is 3.86. The molecule has 1 aromatic carbocycles. The van der Waals surface area contributed by atoms with E-state index in [2.05, 4.69) is 26.3 Å². The molecule has 17 heavy (non-hydrogen) atoms. The van der Waals surface area contributed by atoms with Crippen molar-refractivity contribution in [2.24, 2.45) is 5.84 Å². The van der Waals surface area contributed by atoms with Crippen LogP contribution in [0.25, 0.3) is 0 Å². The number of thiazole rings is 1. The van der Waals surface area contributed by atoms with Crippen molar-refractivity contribution in [3.63, 3.8) is 0 Å². The van der Waals surface area contributed by atoms with E-state index in [4.69, 9.17) is 5.84 Å². The van der Waals surface area contributed by atoms with Crippen LogP contribution < -0.4 is 11.3 Å². The highest BCUT2D eigenvalue weighted by molar-refractivity contribution is 9.10. The van der Waals surface area contributed by atoms with Gasteiger partial charge in [0.1, 0.15) is 5.82 Å². The SMILES string of the molecule is NNC(Cc1cncs1)c1cccc(Br)c1F. The summed E-state index contributed by atoms with van der Waals surface area (Å²) in [5.74, 6) is 5.21. The summed E-state index contributed by atoms with van der Waals surface area (Å²) in [5.41, 5.74) is 4.94. The normalized spacial score (nSPS) is 12.6. The summed E-state index contributed by atoms with van der Waals surface area (Å²) in [4.78, 5) is 5.05. The van der Waals surface area contributed by atoms with Crippen molar-refractivity contribution in [1.29, 1.82) is 0 Å². The predicted octanol–water partition coefficient (Wildman–Crippen LogP) is 2.79. The smallest absolute Gasteiger partial charge is 0.142 e. The van der Waals surface area contributed by atoms with Gasteiger partial charge in [-0.15, -0.1) is 11.3 Å². The minimum atomic E-state index is -0.278. The van der Waals surface area contributed by atoms with Crippen LogP contribution in [0.4, 0.5) is 4.39 Å². The minimum absolute atomic E-state index is 0.257. The summed E-state index contributed by atoms with van der Waals surface area (Å²) in [7, 11) is 0. The topological polar surface area (TPSA) is 50.9 Å². The van der Waals surface area contributed by atoms with E-state index < -0.39 is 0 Å². The fourth-order valence-electron chi connectivity index (χ4n) is 1.59. The molecule has 6 heteroatoms. The Kier molecular flexibility index (Phi) is 4.22. The Balaban J connectivity index is 2.26. The maximum absolute atomic E-state index is 13.9. The minimum Gasteiger partial charge on any atom is -0.271 e. The number of nitrogens with zero attached hydrogens (tertiary/aromatic N) is 1. The Morgan fingerprint density at radius 1 is 1.53 bits per heavy atom. The molecule has 0 saturated carbocycles. The van der Waals surface area contributed by atoms with Gasteiger partial charge in [0.15, 0.2) is 0 Å². The van der Waals surface area contributed by atoms with Gasteiger partial charge in [-0.2, -0.15) is 0 Å². The van der Waals surface area contributed by atoms with Gasteiger partial charge in [0.2, 0.25) is 0 Å². The lowest BCUT2D eigenvalue weighted by Crippen LogP contribution is -2.30. The van der Waals surface area contributed by atoms with Gasteiger partial charge in [-0.05, 0) is 22.0 Å². The summed E-state index contributed by atoms with van der Waals surface area (Å²) in [6, 6.07) is 4.93. The fraction of sp³-hybridized carbons (Fsp3) is 0.182. The number of hydrogen-bond acceptors (Lipinski definition) is 4. The van der Waals surface area contributed by atoms with Gasteiger partial charge >= 0.3 is 0 Å². The van der Waals surface area contributed by atoms with Crippen LogP contribution in [-0.2, 0) is 6.42 Å². The van der Waals surface area contributed by atoms with Crippen LogP contribution >= 0.6 is 27.3 Å². The molecule has 0 amide bonds. The van der Waals surface area contributed by atoms with E-state index in [1.807, 2.05) is 0 Å². The number of rotatable bonds is 4. The Hall–Kier alpha value is -0.820. The molecule has 3 nitrogen and oxygen atoms in total. The van der Waals surface area contributed by atoms with Crippen molar-refractivity contribution in [3.05, 3.63) is 50.6 Å². The Labute approximate surface area is 111 Å². The lowest BCUT2D eigenvalue weighted by atomic mass is 10.0. The highest BCUT2D eigenvalue weighted by atomic mass is 79.9. The standard InChI is InChI=1S/C11H11BrFN3S/c12-9-3-1-2-8(11(9)13)10(16-14)4-7-5-15-6-17-7/h1-3,5-6,10,16H,4,14H2. The summed E-state index contributed by atoms with van der Waals surface area (Å²) in [6.45, 7) is 0. The van der Waals surface area contributed by atoms with Crippen molar-refractivity contribution in [2.75, 3.05) is 0 Å². The zero-order valence-corrected chi connectivity index (χ0v) is 11.3. The fourth-order valence-corrected chi connectivity index (χ4v) is 2.62. The average molecular weight is 316 g/mol. The van der Waals surface area contributed by atoms with Gasteiger partial charge in [0, 0.05) is 23.1 Å². The van der Waals surface area contributed by atoms with Crippen molar-refractivity contribution < 1.29 is 4.39 Å². The molecule has 0 aliphatic carbocycles. The third-order valence-electron chi connectivity index (χ3n) is 2.45. The molecule has 0 radical (unpaired) electrons. The number of nitrogens with one attached hydrogen (secondary N) is 1. The first-order chi connectivity index (χ1) is 8.22. The Morgan fingerprint density at radius 3 is 3.00 bits per heavy atom. The predicted molar refractivity (Wildman–Crippen MR) is 70.0 cm³/mol. The quantitative estimate of drug-likeness (QED) is 0.674. The van der Waals surface area contributed by atoms with E-state index in [9.17, 15) is 4.39 Å². The zero-order valence-electron chi connectivity index (χ0n) is 8.86. The van der Waals surface area contributed by atoms with Crippen LogP contribution in [0, 0.1) is 5.82 Å². The largest absolute Gasteiger partial charge is 0.271 e. The average Bonchev–Trinajstić information content (AvgIpc) is 2.83. The first-order valence-electron chi connectivity index (χ1n) is 4.99. The van der Waals surface area contributed by atoms with Crippen LogP contribution in [0.3, 0.4) is 0 Å². The second-order valence-electron chi connectivity index (χ2n) is 3.53. The molecular formula is C11H11BrFN3S. The molecule has 0 spiro atoms. The molecule has 0 aliphatic rings. The van der Waals surface area contributed by atoms with Crippen LogP contribution in [0.15, 0.2) is 34.4 Å². The summed E-state index contributed by atoms with van der Waals surface area (Å²) >= 11 is 4.70. The van der Waals surface area contributed by atoms with Crippen molar-refractivity contribution in [1.82, 2.24) is 10.4 Å². The van der Waals surface area contributed by atoms with Crippen molar-refractivity contribution in [3.8, 4) is 0 Å². The van der Waals surface area contributed by atoms with E-state index in [-0.39, 0.29) is 11.9 Å². The second kappa shape index (κ2) is 5.68. The number of benzene rings is 1. The van der Waals surface area contributed by atoms with E-state index in [0.717, 1.165) is 4.88 Å². The van der Waals surface area contributed by atoms with Crippen LogP contribution in [0.5, 0.6) is 0 Å². The van der Waals surface area contributed by atoms with Crippen LogP contribution in [0.2, 0.25) is 0 Å². The molecular weight excluding hydrogens is 305 g/mol. The van der Waals surface area contributed by atoms with E-state index in [0.29, 0.717) is 16.5 Å². The summed E-state index contributed by atoms with van der Waals surface area (Å²) < 4.78 is 14.4. The van der Waals surface area contributed by atoms with Crippen LogP contribution in [-0.4, -0.2) is 4.98 Å². The zero-order chi connectivity index (χ0) is 12.3. The second-order valence-corrected chi connectivity index (χ2v) is 5.36. The van der Waals surface area contributed by atoms with E-state index in [1.54, 1.807) is 29.9 Å². The molecule has 0 saturated heterocycles. The van der Waals surface area contributed by atoms with E-state index >= 15 is 0 Å². The molecule has 0 aliphatic heterocycles. The van der Waals surface area contributed by atoms with E-state index in [1.165, 1.54) is 11.3 Å². The van der Waals surface area contributed by atoms with Gasteiger partial charge in [-0.1, -0.05) is 12.1 Å².